The standard InChI is InChI=1S/C26H21ClF3NO3.C22H15ClF3NO4.C5H8O2/c1-2-33-25(32)21-15-23(20-5-3-4-6-22(20)27)31-24(21)18-9-7-16(8-10-18)17-11-13-19(14-12-17)34-26(28,29)30;23-18-4-2-1-3-17(18)20(28)27-19(21(29)30)15-7-5-13(6-8-15)14-9-11-16(12-10-14)31-22(24,25)26;1-3-5(6)7-4-2/h3-14,21,24H,2,15H2,1H3;1-12,19H,(H,27,28)(H,29,30);3H,1,4H2,2H3/t21-,24-;;/m0../s1. The topological polar surface area (TPSA) is 150 Å². The number of hydrogen-bond donors (Lipinski definition) is 2. The first-order chi connectivity index (χ1) is 34.2. The molecule has 0 aromatic heterocycles. The van der Waals surface area contributed by atoms with Gasteiger partial charge in [0.2, 0.25) is 0 Å². The Morgan fingerprint density at radius 2 is 1.14 bits per heavy atom. The molecule has 1 heterocycles. The van der Waals surface area contributed by atoms with Crippen LogP contribution in [0.25, 0.3) is 22.3 Å². The van der Waals surface area contributed by atoms with Crippen LogP contribution in [0.4, 0.5) is 26.3 Å². The molecule has 6 aromatic carbocycles. The van der Waals surface area contributed by atoms with Crippen LogP contribution in [0.1, 0.15) is 59.4 Å². The van der Waals surface area contributed by atoms with Crippen LogP contribution in [0.5, 0.6) is 11.5 Å². The largest absolute Gasteiger partial charge is 0.573 e. The number of hydrogen-bond acceptors (Lipinski definition) is 9. The Morgan fingerprint density at radius 1 is 0.681 bits per heavy atom. The Hall–Kier alpha value is -7.63. The summed E-state index contributed by atoms with van der Waals surface area (Å²) >= 11 is 12.3. The van der Waals surface area contributed by atoms with E-state index >= 15 is 0 Å². The number of carbonyl (C=O) groups is 4. The Morgan fingerprint density at radius 3 is 1.57 bits per heavy atom. The monoisotopic (exact) mass is 1040 g/mol. The molecule has 0 spiro atoms. The maximum Gasteiger partial charge on any atom is 0.573 e. The number of nitrogens with zero attached hydrogens (tertiary/aromatic N) is 1. The molecule has 0 fully saturated rings. The zero-order chi connectivity index (χ0) is 52.6. The van der Waals surface area contributed by atoms with Crippen LogP contribution >= 0.6 is 23.2 Å². The van der Waals surface area contributed by atoms with Crippen molar-refractivity contribution in [3.8, 4) is 33.8 Å². The van der Waals surface area contributed by atoms with Crippen molar-refractivity contribution in [2.75, 3.05) is 13.2 Å². The number of carbonyl (C=O) groups excluding carboxylic acids is 3. The van der Waals surface area contributed by atoms with E-state index in [0.29, 0.717) is 34.7 Å². The van der Waals surface area contributed by atoms with Crippen molar-refractivity contribution < 1.29 is 69.6 Å². The molecular weight excluding hydrogens is 993 g/mol. The molecule has 7 rings (SSSR count). The van der Waals surface area contributed by atoms with E-state index in [9.17, 15) is 50.6 Å². The maximum atomic E-state index is 12.7. The molecule has 72 heavy (non-hydrogen) atoms. The van der Waals surface area contributed by atoms with Gasteiger partial charge in [-0.2, -0.15) is 0 Å². The smallest absolute Gasteiger partial charge is 0.479 e. The molecule has 376 valence electrons. The molecule has 2 N–H and O–H groups in total. The van der Waals surface area contributed by atoms with Gasteiger partial charge in [-0.1, -0.05) is 133 Å². The van der Waals surface area contributed by atoms with E-state index in [0.717, 1.165) is 34.0 Å². The number of rotatable bonds is 14. The lowest BCUT2D eigenvalue weighted by molar-refractivity contribution is -0.275. The number of alkyl halides is 6. The van der Waals surface area contributed by atoms with Crippen LogP contribution in [0.15, 0.2) is 163 Å². The molecular formula is C53H44Cl2F6N2O9. The van der Waals surface area contributed by atoms with E-state index in [1.165, 1.54) is 60.7 Å². The number of benzene rings is 6. The summed E-state index contributed by atoms with van der Waals surface area (Å²) in [5.74, 6) is -3.68. The highest BCUT2D eigenvalue weighted by Gasteiger charge is 2.38. The summed E-state index contributed by atoms with van der Waals surface area (Å²) in [5, 5.41) is 12.7. The van der Waals surface area contributed by atoms with Crippen molar-refractivity contribution >= 4 is 52.7 Å². The van der Waals surface area contributed by atoms with Gasteiger partial charge in [-0.15, -0.1) is 26.3 Å². The number of esters is 2. The number of nitrogens with one attached hydrogen (secondary N) is 1. The first-order valence-electron chi connectivity index (χ1n) is 21.7. The van der Waals surface area contributed by atoms with Crippen molar-refractivity contribution in [3.63, 3.8) is 0 Å². The fourth-order valence-electron chi connectivity index (χ4n) is 7.06. The van der Waals surface area contributed by atoms with Gasteiger partial charge >= 0.3 is 30.6 Å². The molecule has 1 aliphatic rings. The number of aliphatic carboxylic acids is 1. The predicted octanol–water partition coefficient (Wildman–Crippen LogP) is 13.2. The molecule has 0 bridgehead atoms. The average molecular weight is 1040 g/mol. The third-order valence-electron chi connectivity index (χ3n) is 10.3. The molecule has 0 saturated carbocycles. The molecule has 0 saturated heterocycles. The van der Waals surface area contributed by atoms with Crippen molar-refractivity contribution in [3.05, 3.63) is 191 Å². The number of aliphatic imine (C=N–C) groups is 1. The van der Waals surface area contributed by atoms with Gasteiger partial charge < -0.3 is 29.4 Å². The van der Waals surface area contributed by atoms with Gasteiger partial charge in [0, 0.05) is 28.8 Å². The first-order valence-corrected chi connectivity index (χ1v) is 22.4. The minimum absolute atomic E-state index is 0.146. The van der Waals surface area contributed by atoms with E-state index in [4.69, 9.17) is 32.9 Å². The van der Waals surface area contributed by atoms with Crippen LogP contribution in [0, 0.1) is 5.92 Å². The normalized spacial score (nSPS) is 14.4. The lowest BCUT2D eigenvalue weighted by Crippen LogP contribution is -2.33. The molecule has 11 nitrogen and oxygen atoms in total. The van der Waals surface area contributed by atoms with E-state index in [2.05, 4.69) is 26.1 Å². The molecule has 1 unspecified atom stereocenters. The van der Waals surface area contributed by atoms with E-state index in [-0.39, 0.29) is 40.6 Å². The summed E-state index contributed by atoms with van der Waals surface area (Å²) in [7, 11) is 0. The van der Waals surface area contributed by atoms with Gasteiger partial charge in [-0.05, 0) is 89.7 Å². The third kappa shape index (κ3) is 16.2. The van der Waals surface area contributed by atoms with Gasteiger partial charge in [-0.25, -0.2) is 9.59 Å². The highest BCUT2D eigenvalue weighted by atomic mass is 35.5. The second-order valence-corrected chi connectivity index (χ2v) is 15.9. The summed E-state index contributed by atoms with van der Waals surface area (Å²) in [4.78, 5) is 51.7. The van der Waals surface area contributed by atoms with Gasteiger partial charge in [0.15, 0.2) is 6.04 Å². The quantitative estimate of drug-likeness (QED) is 0.0617. The highest BCUT2D eigenvalue weighted by molar-refractivity contribution is 6.34. The summed E-state index contributed by atoms with van der Waals surface area (Å²) < 4.78 is 91.4. The third-order valence-corrected chi connectivity index (χ3v) is 11.0. The highest BCUT2D eigenvalue weighted by Crippen LogP contribution is 2.39. The van der Waals surface area contributed by atoms with Gasteiger partial charge in [0.05, 0.1) is 35.8 Å². The maximum absolute atomic E-state index is 12.7. The Kier molecular flexibility index (Phi) is 19.6. The van der Waals surface area contributed by atoms with Crippen molar-refractivity contribution in [1.82, 2.24) is 5.32 Å². The number of halogens is 8. The number of carboxylic acid groups (broad SMARTS) is 1. The van der Waals surface area contributed by atoms with Gasteiger partial charge in [0.1, 0.15) is 11.5 Å². The SMILES string of the molecule is C=CC(=O)OCC.CCOC(=O)[C@H]1CC(c2ccccc2Cl)=N[C@H]1c1ccc(-c2ccc(OC(F)(F)F)cc2)cc1.O=C(NC(C(=O)O)c1ccc(-c2ccc(OC(F)(F)F)cc2)cc1)c1ccccc1Cl. The van der Waals surface area contributed by atoms with Crippen LogP contribution < -0.4 is 14.8 Å². The van der Waals surface area contributed by atoms with Crippen LogP contribution in [0.2, 0.25) is 10.0 Å². The Balaban J connectivity index is 0.000000237. The zero-order valence-electron chi connectivity index (χ0n) is 38.2. The van der Waals surface area contributed by atoms with E-state index in [1.54, 1.807) is 56.3 Å². The molecule has 1 amide bonds. The summed E-state index contributed by atoms with van der Waals surface area (Å²) in [6, 6.07) is 36.4. The average Bonchev–Trinajstić information content (AvgIpc) is 3.79. The molecule has 0 aliphatic carbocycles. The summed E-state index contributed by atoms with van der Waals surface area (Å²) in [5.41, 5.74) is 5.62. The number of ether oxygens (including phenoxy) is 4. The Labute approximate surface area is 419 Å². The lowest BCUT2D eigenvalue weighted by atomic mass is 9.90. The summed E-state index contributed by atoms with van der Waals surface area (Å²) in [6.07, 6.45) is -7.95. The van der Waals surface area contributed by atoms with E-state index < -0.39 is 42.6 Å². The molecule has 6 aromatic rings. The molecule has 0 radical (unpaired) electrons. The second-order valence-electron chi connectivity index (χ2n) is 15.1. The van der Waals surface area contributed by atoms with Crippen molar-refractivity contribution in [2.24, 2.45) is 10.9 Å². The summed E-state index contributed by atoms with van der Waals surface area (Å²) in [6.45, 7) is 7.41. The lowest BCUT2D eigenvalue weighted by Gasteiger charge is -2.17. The second kappa shape index (κ2) is 25.5. The minimum Gasteiger partial charge on any atom is -0.479 e. The fraction of sp³-hybridized carbons (Fsp3) is 0.189. The van der Waals surface area contributed by atoms with Crippen molar-refractivity contribution in [2.45, 2.75) is 45.1 Å². The van der Waals surface area contributed by atoms with Crippen molar-refractivity contribution in [1.29, 1.82) is 0 Å². The molecule has 3 atom stereocenters. The fourth-order valence-corrected chi connectivity index (χ4v) is 7.52. The van der Waals surface area contributed by atoms with Gasteiger partial charge in [-0.3, -0.25) is 14.6 Å². The minimum atomic E-state index is -4.77. The van der Waals surface area contributed by atoms with Gasteiger partial charge in [0.25, 0.3) is 5.91 Å². The number of carboxylic acids is 1. The van der Waals surface area contributed by atoms with Crippen LogP contribution in [-0.2, 0) is 23.9 Å². The number of amides is 1. The van der Waals surface area contributed by atoms with Crippen LogP contribution in [-0.4, -0.2) is 60.6 Å². The molecule has 1 aliphatic heterocycles. The van der Waals surface area contributed by atoms with Crippen LogP contribution in [0.3, 0.4) is 0 Å². The van der Waals surface area contributed by atoms with E-state index in [1.807, 2.05) is 42.5 Å². The first kappa shape index (κ1) is 55.3. The Bertz CT molecular complexity index is 2840. The predicted molar refractivity (Wildman–Crippen MR) is 259 cm³/mol. The molecule has 19 heteroatoms. The zero-order valence-corrected chi connectivity index (χ0v) is 39.7.